The zero-order chi connectivity index (χ0) is 30.1. The monoisotopic (exact) mass is 587 g/mol. The van der Waals surface area contributed by atoms with Gasteiger partial charge in [-0.2, -0.15) is 0 Å². The van der Waals surface area contributed by atoms with E-state index in [0.29, 0.717) is 18.8 Å². The summed E-state index contributed by atoms with van der Waals surface area (Å²) in [6.07, 6.45) is 21.3. The first-order valence-electron chi connectivity index (χ1n) is 17.2. The summed E-state index contributed by atoms with van der Waals surface area (Å²) in [6, 6.07) is 8.52. The van der Waals surface area contributed by atoms with Crippen molar-refractivity contribution in [2.24, 2.45) is 0 Å². The van der Waals surface area contributed by atoms with Crippen LogP contribution in [0.3, 0.4) is 0 Å². The maximum Gasteiger partial charge on any atom is 0.415 e. The van der Waals surface area contributed by atoms with E-state index in [1.165, 1.54) is 89.9 Å². The minimum Gasteiger partial charge on any atom is -0.410 e. The summed E-state index contributed by atoms with van der Waals surface area (Å²) >= 11 is 0. The fourth-order valence-electron chi connectivity index (χ4n) is 5.55. The number of amides is 2. The van der Waals surface area contributed by atoms with Gasteiger partial charge >= 0.3 is 6.09 Å². The molecule has 240 valence electrons. The summed E-state index contributed by atoms with van der Waals surface area (Å²) in [5, 5.41) is 3.03. The smallest absolute Gasteiger partial charge is 0.410 e. The van der Waals surface area contributed by atoms with Gasteiger partial charge in [-0.15, -0.1) is 0 Å². The Kier molecular flexibility index (Phi) is 20.9. The van der Waals surface area contributed by atoms with Crippen LogP contribution in [0.1, 0.15) is 123 Å². The first-order valence-corrected chi connectivity index (χ1v) is 17.2. The fourth-order valence-corrected chi connectivity index (χ4v) is 5.55. The van der Waals surface area contributed by atoms with Crippen molar-refractivity contribution >= 4 is 12.0 Å². The molecule has 2 rings (SSSR count). The van der Waals surface area contributed by atoms with Crippen LogP contribution in [0.5, 0.6) is 5.75 Å². The molecule has 1 saturated heterocycles. The summed E-state index contributed by atoms with van der Waals surface area (Å²) in [5.41, 5.74) is 0. The Bertz CT molecular complexity index is 801. The SMILES string of the molecule is CCCCCCCCCCCCCCCCCCN(C(=O)Oc1ccccc1)C(C)C(=O)NCCCN1CCOCC1. The molecule has 0 radical (unpaired) electrons. The third kappa shape index (κ3) is 17.1. The van der Waals surface area contributed by atoms with Crippen molar-refractivity contribution in [1.29, 1.82) is 0 Å². The third-order valence-corrected chi connectivity index (χ3v) is 8.34. The minimum atomic E-state index is -0.582. The molecule has 1 aliphatic rings. The first-order chi connectivity index (χ1) is 20.6. The molecule has 1 aliphatic heterocycles. The van der Waals surface area contributed by atoms with Crippen molar-refractivity contribution in [3.05, 3.63) is 30.3 Å². The van der Waals surface area contributed by atoms with Gasteiger partial charge in [0.15, 0.2) is 0 Å². The van der Waals surface area contributed by atoms with Gasteiger partial charge in [0.05, 0.1) is 13.2 Å². The predicted molar refractivity (Wildman–Crippen MR) is 173 cm³/mol. The molecule has 0 bridgehead atoms. The van der Waals surface area contributed by atoms with E-state index in [0.717, 1.165) is 52.1 Å². The number of hydrogen-bond acceptors (Lipinski definition) is 5. The second kappa shape index (κ2) is 24.3. The van der Waals surface area contributed by atoms with Crippen LogP contribution in [0.2, 0.25) is 0 Å². The Morgan fingerprint density at radius 1 is 0.810 bits per heavy atom. The van der Waals surface area contributed by atoms with Crippen molar-refractivity contribution in [3.8, 4) is 5.75 Å². The number of para-hydroxylation sites is 1. The number of morpholine rings is 1. The molecule has 0 aromatic heterocycles. The van der Waals surface area contributed by atoms with Gasteiger partial charge in [0, 0.05) is 26.2 Å². The van der Waals surface area contributed by atoms with E-state index in [4.69, 9.17) is 9.47 Å². The minimum absolute atomic E-state index is 0.126. The van der Waals surface area contributed by atoms with Crippen LogP contribution in [0.15, 0.2) is 30.3 Å². The highest BCUT2D eigenvalue weighted by Crippen LogP contribution is 2.16. The predicted octanol–water partition coefficient (Wildman–Crippen LogP) is 7.98. The Labute approximate surface area is 257 Å². The van der Waals surface area contributed by atoms with Gasteiger partial charge in [-0.3, -0.25) is 14.6 Å². The highest BCUT2D eigenvalue weighted by Gasteiger charge is 2.27. The average molecular weight is 588 g/mol. The van der Waals surface area contributed by atoms with E-state index in [-0.39, 0.29) is 5.91 Å². The van der Waals surface area contributed by atoms with Crippen LogP contribution in [-0.2, 0) is 9.53 Å². The third-order valence-electron chi connectivity index (χ3n) is 8.34. The molecule has 2 amide bonds. The molecule has 7 nitrogen and oxygen atoms in total. The zero-order valence-electron chi connectivity index (χ0n) is 27.0. The molecule has 7 heteroatoms. The molecule has 1 atom stereocenters. The van der Waals surface area contributed by atoms with Gasteiger partial charge in [-0.25, -0.2) is 4.79 Å². The van der Waals surface area contributed by atoms with E-state index in [2.05, 4.69) is 17.1 Å². The summed E-state index contributed by atoms with van der Waals surface area (Å²) in [7, 11) is 0. The van der Waals surface area contributed by atoms with Gasteiger partial charge in [-0.05, 0) is 38.4 Å². The molecule has 1 N–H and O–H groups in total. The topological polar surface area (TPSA) is 71.1 Å². The van der Waals surface area contributed by atoms with E-state index >= 15 is 0 Å². The lowest BCUT2D eigenvalue weighted by Gasteiger charge is -2.28. The van der Waals surface area contributed by atoms with Crippen molar-refractivity contribution in [2.75, 3.05) is 45.9 Å². The van der Waals surface area contributed by atoms with Gasteiger partial charge in [0.25, 0.3) is 0 Å². The second-order valence-electron chi connectivity index (χ2n) is 12.0. The molecular formula is C35H61N3O4. The van der Waals surface area contributed by atoms with Gasteiger partial charge in [-0.1, -0.05) is 121 Å². The molecule has 1 aromatic carbocycles. The molecule has 0 spiro atoms. The number of carbonyl (C=O) groups excluding carboxylic acids is 2. The largest absolute Gasteiger partial charge is 0.415 e. The molecule has 1 heterocycles. The van der Waals surface area contributed by atoms with Crippen molar-refractivity contribution < 1.29 is 19.1 Å². The van der Waals surface area contributed by atoms with Crippen LogP contribution in [0, 0.1) is 0 Å². The maximum atomic E-state index is 13.1. The Morgan fingerprint density at radius 3 is 1.88 bits per heavy atom. The molecule has 0 aliphatic carbocycles. The zero-order valence-corrected chi connectivity index (χ0v) is 27.0. The van der Waals surface area contributed by atoms with E-state index in [1.54, 1.807) is 24.0 Å². The lowest BCUT2D eigenvalue weighted by molar-refractivity contribution is -0.125. The molecule has 42 heavy (non-hydrogen) atoms. The Balaban J connectivity index is 1.61. The van der Waals surface area contributed by atoms with Gasteiger partial charge in [0.1, 0.15) is 11.8 Å². The summed E-state index contributed by atoms with van der Waals surface area (Å²) in [4.78, 5) is 30.0. The van der Waals surface area contributed by atoms with Crippen molar-refractivity contribution in [1.82, 2.24) is 15.1 Å². The van der Waals surface area contributed by atoms with Gasteiger partial charge in [0.2, 0.25) is 5.91 Å². The van der Waals surface area contributed by atoms with Crippen LogP contribution in [-0.4, -0.2) is 73.8 Å². The van der Waals surface area contributed by atoms with Crippen LogP contribution < -0.4 is 10.1 Å². The number of carbonyl (C=O) groups is 2. The fraction of sp³-hybridized carbons (Fsp3) is 0.771. The summed E-state index contributed by atoms with van der Waals surface area (Å²) in [6.45, 7) is 9.59. The standard InChI is InChI=1S/C35H61N3O4/c1-3-4-5-6-7-8-9-10-11-12-13-14-15-16-17-21-27-38(35(40)42-33-23-19-18-20-24-33)32(2)34(39)36-25-22-26-37-28-30-41-31-29-37/h18-20,23-24,32H,3-17,21-22,25-31H2,1-2H3,(H,36,39). The van der Waals surface area contributed by atoms with Gasteiger partial charge < -0.3 is 14.8 Å². The van der Waals surface area contributed by atoms with E-state index in [1.807, 2.05) is 18.2 Å². The highest BCUT2D eigenvalue weighted by atomic mass is 16.6. The number of unbranched alkanes of at least 4 members (excludes halogenated alkanes) is 15. The van der Waals surface area contributed by atoms with E-state index < -0.39 is 12.1 Å². The molecule has 1 fully saturated rings. The first kappa shape index (κ1) is 36.1. The lowest BCUT2D eigenvalue weighted by atomic mass is 10.0. The van der Waals surface area contributed by atoms with Crippen molar-refractivity contribution in [2.45, 2.75) is 129 Å². The Morgan fingerprint density at radius 2 is 1.33 bits per heavy atom. The lowest BCUT2D eigenvalue weighted by Crippen LogP contribution is -2.49. The number of nitrogens with one attached hydrogen (secondary N) is 1. The normalized spacial score (nSPS) is 14.4. The number of benzene rings is 1. The van der Waals surface area contributed by atoms with Crippen molar-refractivity contribution in [3.63, 3.8) is 0 Å². The molecular weight excluding hydrogens is 526 g/mol. The quantitative estimate of drug-likeness (QED) is 0.124. The Hall–Kier alpha value is -2.12. The number of hydrogen-bond donors (Lipinski definition) is 1. The van der Waals surface area contributed by atoms with Crippen LogP contribution >= 0.6 is 0 Å². The number of ether oxygens (including phenoxy) is 2. The van der Waals surface area contributed by atoms with Crippen LogP contribution in [0.4, 0.5) is 4.79 Å². The molecule has 1 unspecified atom stereocenters. The second-order valence-corrected chi connectivity index (χ2v) is 12.0. The number of nitrogens with zero attached hydrogens (tertiary/aromatic N) is 2. The molecule has 0 saturated carbocycles. The van der Waals surface area contributed by atoms with Crippen LogP contribution in [0.25, 0.3) is 0 Å². The molecule has 1 aromatic rings. The summed E-state index contributed by atoms with van der Waals surface area (Å²) in [5.74, 6) is 0.371. The highest BCUT2D eigenvalue weighted by molar-refractivity contribution is 5.85. The van der Waals surface area contributed by atoms with E-state index in [9.17, 15) is 9.59 Å². The average Bonchev–Trinajstić information content (AvgIpc) is 3.01. The maximum absolute atomic E-state index is 13.1. The summed E-state index contributed by atoms with van der Waals surface area (Å²) < 4.78 is 11.0. The number of rotatable bonds is 24.